The number of aromatic nitrogens is 2. The topological polar surface area (TPSA) is 74.6 Å². The van der Waals surface area contributed by atoms with Gasteiger partial charge in [0, 0.05) is 67.5 Å². The Morgan fingerprint density at radius 2 is 2.10 bits per heavy atom. The summed E-state index contributed by atoms with van der Waals surface area (Å²) in [5, 5.41) is 3.67. The maximum Gasteiger partial charge on any atom is 0.216 e. The molecule has 1 N–H and O–H groups in total. The number of halogens is 2. The van der Waals surface area contributed by atoms with Crippen LogP contribution in [-0.2, 0) is 11.2 Å². The molecule has 0 atom stereocenters. The molecule has 1 amide bonds. The lowest BCUT2D eigenvalue weighted by molar-refractivity contribution is -0.118. The van der Waals surface area contributed by atoms with Crippen LogP contribution in [0.15, 0.2) is 36.7 Å². The van der Waals surface area contributed by atoms with E-state index in [0.29, 0.717) is 24.6 Å². The zero-order valence-electron chi connectivity index (χ0n) is 16.5. The number of methoxy groups -OCH3 is 1. The van der Waals surface area contributed by atoms with Crippen LogP contribution in [0.2, 0.25) is 0 Å². The summed E-state index contributed by atoms with van der Waals surface area (Å²) >= 11 is 2.15. The number of pyridine rings is 1. The number of hydrogen-bond acceptors (Lipinski definition) is 6. The van der Waals surface area contributed by atoms with Gasteiger partial charge in [0.25, 0.3) is 0 Å². The number of nitrogens with zero attached hydrogens (tertiary/aromatic N) is 2. The minimum absolute atomic E-state index is 0.0795. The molecule has 0 aliphatic heterocycles. The van der Waals surface area contributed by atoms with Gasteiger partial charge in [-0.2, -0.15) is 0 Å². The average Bonchev–Trinajstić information content (AvgIpc) is 3.07. The van der Waals surface area contributed by atoms with E-state index in [9.17, 15) is 9.18 Å². The van der Waals surface area contributed by atoms with Gasteiger partial charge in [0.15, 0.2) is 11.6 Å². The molecule has 0 radical (unpaired) electrons. The summed E-state index contributed by atoms with van der Waals surface area (Å²) in [7, 11) is 2.99. The maximum atomic E-state index is 14.6. The van der Waals surface area contributed by atoms with Gasteiger partial charge in [-0.25, -0.2) is 9.37 Å². The van der Waals surface area contributed by atoms with Crippen LogP contribution in [-0.4, -0.2) is 41.7 Å². The van der Waals surface area contributed by atoms with Crippen LogP contribution in [0.1, 0.15) is 12.5 Å². The Morgan fingerprint density at radius 3 is 2.77 bits per heavy atom. The van der Waals surface area contributed by atoms with Gasteiger partial charge >= 0.3 is 0 Å². The number of fused-ring (bicyclic) bond motifs is 1. The minimum atomic E-state index is -0.438. The quantitative estimate of drug-likeness (QED) is 0.305. The van der Waals surface area contributed by atoms with Gasteiger partial charge in [0.1, 0.15) is 19.0 Å². The van der Waals surface area contributed by atoms with Crippen molar-refractivity contribution in [2.45, 2.75) is 13.3 Å². The van der Waals surface area contributed by atoms with Crippen molar-refractivity contribution in [2.75, 3.05) is 26.9 Å². The standard InChI is InChI=1S/C20H21FIN3O4S/c1-13(26)23-6-5-14-12-25(30-22)18-10-17(21)19(9-16(14)18)29-8-7-28-15-3-4-20(27-2)24-11-15/h3-4,9-12H,5-8H2,1-2H3,(H,23,26). The van der Waals surface area contributed by atoms with Crippen molar-refractivity contribution in [1.29, 1.82) is 0 Å². The molecule has 10 heteroatoms. The van der Waals surface area contributed by atoms with Crippen LogP contribution in [0, 0.1) is 5.82 Å². The van der Waals surface area contributed by atoms with Crippen molar-refractivity contribution >= 4 is 47.1 Å². The number of benzene rings is 1. The molecule has 160 valence electrons. The second kappa shape index (κ2) is 10.7. The third-order valence-corrected chi connectivity index (χ3v) is 6.00. The smallest absolute Gasteiger partial charge is 0.216 e. The zero-order chi connectivity index (χ0) is 21.5. The van der Waals surface area contributed by atoms with E-state index in [0.717, 1.165) is 16.5 Å². The third kappa shape index (κ3) is 5.69. The number of carbonyl (C=O) groups excluding carboxylic acids is 1. The van der Waals surface area contributed by atoms with E-state index in [-0.39, 0.29) is 24.9 Å². The van der Waals surface area contributed by atoms with Crippen molar-refractivity contribution in [3.63, 3.8) is 0 Å². The number of carbonyl (C=O) groups is 1. The van der Waals surface area contributed by atoms with Crippen molar-refractivity contribution in [3.8, 4) is 17.4 Å². The highest BCUT2D eigenvalue weighted by Crippen LogP contribution is 2.33. The van der Waals surface area contributed by atoms with Crippen LogP contribution in [0.5, 0.6) is 17.4 Å². The summed E-state index contributed by atoms with van der Waals surface area (Å²) in [5.74, 6) is 0.721. The number of hydrogen-bond donors (Lipinski definition) is 1. The predicted molar refractivity (Wildman–Crippen MR) is 123 cm³/mol. The zero-order valence-corrected chi connectivity index (χ0v) is 19.5. The van der Waals surface area contributed by atoms with E-state index < -0.39 is 5.82 Å². The van der Waals surface area contributed by atoms with Crippen LogP contribution in [0.3, 0.4) is 0 Å². The monoisotopic (exact) mass is 545 g/mol. The Morgan fingerprint density at radius 1 is 1.30 bits per heavy atom. The second-order valence-corrected chi connectivity index (χ2v) is 8.03. The molecule has 0 saturated heterocycles. The molecular formula is C20H21FIN3O4S. The van der Waals surface area contributed by atoms with E-state index in [4.69, 9.17) is 14.2 Å². The van der Waals surface area contributed by atoms with Crippen molar-refractivity contribution in [3.05, 3.63) is 48.0 Å². The molecule has 0 unspecified atom stereocenters. The van der Waals surface area contributed by atoms with Crippen LogP contribution >= 0.6 is 30.3 Å². The normalized spacial score (nSPS) is 10.8. The molecule has 0 saturated carbocycles. The van der Waals surface area contributed by atoms with E-state index in [1.165, 1.54) is 22.1 Å². The molecule has 1 aromatic carbocycles. The molecule has 30 heavy (non-hydrogen) atoms. The molecule has 0 aliphatic carbocycles. The molecule has 0 spiro atoms. The Bertz CT molecular complexity index is 1010. The van der Waals surface area contributed by atoms with E-state index in [1.807, 2.05) is 10.2 Å². The second-order valence-electron chi connectivity index (χ2n) is 6.32. The van der Waals surface area contributed by atoms with Gasteiger partial charge < -0.3 is 19.5 Å². The average molecular weight is 545 g/mol. The lowest BCUT2D eigenvalue weighted by atomic mass is 10.1. The maximum absolute atomic E-state index is 14.6. The summed E-state index contributed by atoms with van der Waals surface area (Å²) in [6.45, 7) is 2.41. The fourth-order valence-corrected chi connectivity index (χ4v) is 4.26. The van der Waals surface area contributed by atoms with E-state index in [1.54, 1.807) is 31.5 Å². The highest BCUT2D eigenvalue weighted by molar-refractivity contribution is 14.2. The first-order valence-electron chi connectivity index (χ1n) is 9.14. The first-order valence-corrected chi connectivity index (χ1v) is 12.5. The summed E-state index contributed by atoms with van der Waals surface area (Å²) < 4.78 is 32.6. The first-order chi connectivity index (χ1) is 14.5. The molecule has 2 aromatic heterocycles. The van der Waals surface area contributed by atoms with Gasteiger partial charge in [-0.1, -0.05) is 0 Å². The van der Waals surface area contributed by atoms with Crippen LogP contribution < -0.4 is 19.5 Å². The lowest BCUT2D eigenvalue weighted by Crippen LogP contribution is -2.22. The Kier molecular flexibility index (Phi) is 8.02. The predicted octanol–water partition coefficient (Wildman–Crippen LogP) is 4.17. The molecular weight excluding hydrogens is 524 g/mol. The summed E-state index contributed by atoms with van der Waals surface area (Å²) in [4.78, 5) is 15.2. The Hall–Kier alpha value is -2.21. The largest absolute Gasteiger partial charge is 0.488 e. The molecule has 0 aliphatic rings. The third-order valence-electron chi connectivity index (χ3n) is 4.28. The molecule has 0 fully saturated rings. The van der Waals surface area contributed by atoms with Crippen LogP contribution in [0.25, 0.3) is 10.9 Å². The fourth-order valence-electron chi connectivity index (χ4n) is 2.89. The van der Waals surface area contributed by atoms with Crippen molar-refractivity contribution < 1.29 is 23.4 Å². The number of rotatable bonds is 10. The molecule has 2 heterocycles. The first kappa shape index (κ1) is 22.5. The molecule has 0 bridgehead atoms. The SMILES string of the molecule is COc1ccc(OCCOc2cc3c(CCNC(C)=O)cn(SI)c3cc2F)cn1. The highest BCUT2D eigenvalue weighted by Gasteiger charge is 2.14. The van der Waals surface area contributed by atoms with Crippen molar-refractivity contribution in [1.82, 2.24) is 14.3 Å². The summed E-state index contributed by atoms with van der Waals surface area (Å²) in [6, 6.07) is 6.60. The highest BCUT2D eigenvalue weighted by atomic mass is 127. The fraction of sp³-hybridized carbons (Fsp3) is 0.300. The van der Waals surface area contributed by atoms with Gasteiger partial charge in [0.2, 0.25) is 11.8 Å². The number of ether oxygens (including phenoxy) is 3. The van der Waals surface area contributed by atoms with Crippen LogP contribution in [0.4, 0.5) is 4.39 Å². The van der Waals surface area contributed by atoms with Gasteiger partial charge in [-0.15, -0.1) is 0 Å². The Labute approximate surface area is 190 Å². The number of amides is 1. The van der Waals surface area contributed by atoms with Crippen molar-refractivity contribution in [2.24, 2.45) is 0 Å². The minimum Gasteiger partial charge on any atom is -0.488 e. The van der Waals surface area contributed by atoms with Gasteiger partial charge in [0.05, 0.1) is 18.8 Å². The molecule has 3 aromatic rings. The lowest BCUT2D eigenvalue weighted by Gasteiger charge is -2.10. The van der Waals surface area contributed by atoms with E-state index in [2.05, 4.69) is 31.5 Å². The van der Waals surface area contributed by atoms with Gasteiger partial charge in [-0.3, -0.25) is 8.77 Å². The summed E-state index contributed by atoms with van der Waals surface area (Å²) in [5.41, 5.74) is 1.77. The van der Waals surface area contributed by atoms with Gasteiger partial charge in [-0.05, 0) is 24.1 Å². The molecule has 7 nitrogen and oxygen atoms in total. The number of nitrogens with one attached hydrogen (secondary N) is 1. The summed E-state index contributed by atoms with van der Waals surface area (Å²) in [6.07, 6.45) is 4.14. The van der Waals surface area contributed by atoms with E-state index >= 15 is 0 Å². The molecule has 3 rings (SSSR count). The Balaban J connectivity index is 1.67.